The zero-order valence-electron chi connectivity index (χ0n) is 11.1. The molecule has 6 heteroatoms. The average Bonchev–Trinajstić information content (AvgIpc) is 2.75. The number of non-ortho nitro benzene ring substituents is 1. The molecule has 20 heavy (non-hydrogen) atoms. The van der Waals surface area contributed by atoms with Crippen LogP contribution in [0, 0.1) is 17.0 Å². The Morgan fingerprint density at radius 1 is 1.35 bits per heavy atom. The predicted octanol–water partition coefficient (Wildman–Crippen LogP) is 2.53. The third-order valence-corrected chi connectivity index (χ3v) is 2.81. The summed E-state index contributed by atoms with van der Waals surface area (Å²) in [6.07, 6.45) is 4.72. The molecule has 1 aromatic heterocycles. The van der Waals surface area contributed by atoms with Crippen molar-refractivity contribution in [3.8, 4) is 0 Å². The van der Waals surface area contributed by atoms with Crippen molar-refractivity contribution >= 4 is 17.5 Å². The molecule has 0 unspecified atom stereocenters. The summed E-state index contributed by atoms with van der Waals surface area (Å²) < 4.78 is 1.59. The number of nitro benzene ring substituents is 1. The Kier molecular flexibility index (Phi) is 3.74. The van der Waals surface area contributed by atoms with Crippen molar-refractivity contribution in [2.45, 2.75) is 6.92 Å². The van der Waals surface area contributed by atoms with Gasteiger partial charge in [0.15, 0.2) is 5.78 Å². The number of carbonyl (C=O) groups is 1. The maximum Gasteiger partial charge on any atom is 0.269 e. The van der Waals surface area contributed by atoms with Crippen molar-refractivity contribution in [3.63, 3.8) is 0 Å². The lowest BCUT2D eigenvalue weighted by Crippen LogP contribution is -1.94. The van der Waals surface area contributed by atoms with Gasteiger partial charge in [0.05, 0.1) is 16.2 Å². The van der Waals surface area contributed by atoms with Crippen molar-refractivity contribution in [1.29, 1.82) is 0 Å². The summed E-state index contributed by atoms with van der Waals surface area (Å²) >= 11 is 0. The summed E-state index contributed by atoms with van der Waals surface area (Å²) in [6.45, 7) is 1.77. The highest BCUT2D eigenvalue weighted by atomic mass is 16.6. The Bertz CT molecular complexity index is 684. The van der Waals surface area contributed by atoms with E-state index < -0.39 is 4.92 Å². The third-order valence-electron chi connectivity index (χ3n) is 2.81. The van der Waals surface area contributed by atoms with Crippen LogP contribution in [-0.4, -0.2) is 20.5 Å². The quantitative estimate of drug-likeness (QED) is 0.370. The maximum atomic E-state index is 12.0. The fraction of sp³-hybridized carbons (Fsp3) is 0.143. The van der Waals surface area contributed by atoms with Gasteiger partial charge in [0.25, 0.3) is 5.69 Å². The van der Waals surface area contributed by atoms with Crippen LogP contribution in [-0.2, 0) is 7.05 Å². The molecule has 0 radical (unpaired) electrons. The molecule has 0 amide bonds. The van der Waals surface area contributed by atoms with Crippen LogP contribution in [0.4, 0.5) is 5.69 Å². The van der Waals surface area contributed by atoms with E-state index in [-0.39, 0.29) is 11.5 Å². The second kappa shape index (κ2) is 5.48. The van der Waals surface area contributed by atoms with Gasteiger partial charge in [-0.2, -0.15) is 5.10 Å². The molecule has 0 N–H and O–H groups in total. The van der Waals surface area contributed by atoms with Crippen LogP contribution >= 0.6 is 0 Å². The Morgan fingerprint density at radius 3 is 2.50 bits per heavy atom. The van der Waals surface area contributed by atoms with Crippen molar-refractivity contribution in [2.75, 3.05) is 0 Å². The summed E-state index contributed by atoms with van der Waals surface area (Å²) in [4.78, 5) is 22.0. The SMILES string of the molecule is Cc1nn(C)cc1C(=O)/C=C/c1ccc([N+](=O)[O-])cc1. The molecule has 0 bridgehead atoms. The topological polar surface area (TPSA) is 78.0 Å². The Morgan fingerprint density at radius 2 is 2.00 bits per heavy atom. The number of hydrogen-bond acceptors (Lipinski definition) is 4. The first-order valence-electron chi connectivity index (χ1n) is 5.94. The molecule has 1 heterocycles. The number of ketones is 1. The number of aromatic nitrogens is 2. The van der Waals surface area contributed by atoms with Crippen molar-refractivity contribution in [3.05, 3.63) is 63.5 Å². The molecule has 0 aliphatic heterocycles. The van der Waals surface area contributed by atoms with Crippen molar-refractivity contribution in [2.24, 2.45) is 7.05 Å². The van der Waals surface area contributed by atoms with Crippen LogP contribution in [0.5, 0.6) is 0 Å². The lowest BCUT2D eigenvalue weighted by Gasteiger charge is -1.94. The minimum absolute atomic E-state index is 0.0246. The van der Waals surface area contributed by atoms with Crippen LogP contribution in [0.3, 0.4) is 0 Å². The van der Waals surface area contributed by atoms with E-state index in [0.717, 1.165) is 5.56 Å². The summed E-state index contributed by atoms with van der Waals surface area (Å²) in [7, 11) is 1.75. The van der Waals surface area contributed by atoms with Gasteiger partial charge >= 0.3 is 0 Å². The van der Waals surface area contributed by atoms with Gasteiger partial charge in [0.1, 0.15) is 0 Å². The van der Waals surface area contributed by atoms with Gasteiger partial charge in [-0.05, 0) is 30.7 Å². The molecule has 0 aliphatic carbocycles. The monoisotopic (exact) mass is 271 g/mol. The number of benzene rings is 1. The molecule has 1 aromatic carbocycles. The second-order valence-electron chi connectivity index (χ2n) is 4.35. The first-order valence-corrected chi connectivity index (χ1v) is 5.94. The molecule has 102 valence electrons. The highest BCUT2D eigenvalue weighted by molar-refractivity contribution is 6.07. The molecule has 6 nitrogen and oxygen atoms in total. The molecule has 0 saturated carbocycles. The lowest BCUT2D eigenvalue weighted by atomic mass is 10.1. The molecule has 0 saturated heterocycles. The molecule has 0 fully saturated rings. The first-order chi connectivity index (χ1) is 9.47. The number of allylic oxidation sites excluding steroid dienone is 1. The normalized spacial score (nSPS) is 10.9. The first kappa shape index (κ1) is 13.7. The predicted molar refractivity (Wildman–Crippen MR) is 74.4 cm³/mol. The molecule has 2 rings (SSSR count). The largest absolute Gasteiger partial charge is 0.289 e. The highest BCUT2D eigenvalue weighted by Crippen LogP contribution is 2.14. The summed E-state index contributed by atoms with van der Waals surface area (Å²) in [6, 6.07) is 6.00. The molecule has 2 aromatic rings. The molecule has 0 aliphatic rings. The molecule has 0 atom stereocenters. The van der Waals surface area contributed by atoms with Gasteiger partial charge in [0.2, 0.25) is 0 Å². The number of rotatable bonds is 4. The Balaban J connectivity index is 2.15. The van der Waals surface area contributed by atoms with Gasteiger partial charge in [-0.1, -0.05) is 6.08 Å². The highest BCUT2D eigenvalue weighted by Gasteiger charge is 2.09. The van der Waals surface area contributed by atoms with E-state index in [9.17, 15) is 14.9 Å². The van der Waals surface area contributed by atoms with E-state index in [1.165, 1.54) is 18.2 Å². The number of nitrogens with zero attached hydrogens (tertiary/aromatic N) is 3. The minimum Gasteiger partial charge on any atom is -0.289 e. The lowest BCUT2D eigenvalue weighted by molar-refractivity contribution is -0.384. The van der Waals surface area contributed by atoms with Crippen LogP contribution in [0.2, 0.25) is 0 Å². The van der Waals surface area contributed by atoms with Gasteiger partial charge < -0.3 is 0 Å². The van der Waals surface area contributed by atoms with Gasteiger partial charge in [-0.25, -0.2) is 0 Å². The number of hydrogen-bond donors (Lipinski definition) is 0. The summed E-state index contributed by atoms with van der Waals surface area (Å²) in [5, 5.41) is 14.6. The zero-order valence-corrected chi connectivity index (χ0v) is 11.1. The van der Waals surface area contributed by atoms with Crippen molar-refractivity contribution in [1.82, 2.24) is 9.78 Å². The zero-order chi connectivity index (χ0) is 14.7. The van der Waals surface area contributed by atoms with E-state index in [1.807, 2.05) is 0 Å². The Labute approximate surface area is 115 Å². The van der Waals surface area contributed by atoms with Crippen LogP contribution in [0.25, 0.3) is 6.08 Å². The fourth-order valence-electron chi connectivity index (χ4n) is 1.81. The minimum atomic E-state index is -0.461. The van der Waals surface area contributed by atoms with Crippen LogP contribution in [0.15, 0.2) is 36.5 Å². The summed E-state index contributed by atoms with van der Waals surface area (Å²) in [5.41, 5.74) is 1.97. The van der Waals surface area contributed by atoms with E-state index in [1.54, 1.807) is 43.1 Å². The van der Waals surface area contributed by atoms with Gasteiger partial charge in [-0.15, -0.1) is 0 Å². The smallest absolute Gasteiger partial charge is 0.269 e. The van der Waals surface area contributed by atoms with E-state index in [2.05, 4.69) is 5.10 Å². The van der Waals surface area contributed by atoms with Crippen LogP contribution in [0.1, 0.15) is 21.6 Å². The standard InChI is InChI=1S/C14H13N3O3/c1-10-13(9-16(2)15-10)14(18)8-5-11-3-6-12(7-4-11)17(19)20/h3-9H,1-2H3/b8-5+. The van der Waals surface area contributed by atoms with Crippen LogP contribution < -0.4 is 0 Å². The molecular formula is C14H13N3O3. The molecular weight excluding hydrogens is 258 g/mol. The average molecular weight is 271 g/mol. The number of nitro groups is 1. The molecule has 0 spiro atoms. The maximum absolute atomic E-state index is 12.0. The summed E-state index contributed by atoms with van der Waals surface area (Å²) in [5.74, 6) is -0.144. The van der Waals surface area contributed by atoms with Gasteiger partial charge in [-0.3, -0.25) is 19.6 Å². The number of aryl methyl sites for hydroxylation is 2. The van der Waals surface area contributed by atoms with E-state index in [0.29, 0.717) is 11.3 Å². The van der Waals surface area contributed by atoms with Gasteiger partial charge in [0, 0.05) is 25.4 Å². The fourth-order valence-corrected chi connectivity index (χ4v) is 1.81. The third kappa shape index (κ3) is 2.97. The second-order valence-corrected chi connectivity index (χ2v) is 4.35. The number of carbonyl (C=O) groups excluding carboxylic acids is 1. The van der Waals surface area contributed by atoms with E-state index >= 15 is 0 Å². The van der Waals surface area contributed by atoms with Crippen molar-refractivity contribution < 1.29 is 9.72 Å². The van der Waals surface area contributed by atoms with E-state index in [4.69, 9.17) is 0 Å². The Hall–Kier alpha value is -2.76.